The first kappa shape index (κ1) is 23.5. The average molecular weight is 442 g/mol. The van der Waals surface area contributed by atoms with Crippen LogP contribution >= 0.6 is 0 Å². The Bertz CT molecular complexity index is 968. The Morgan fingerprint density at radius 1 is 1.09 bits per heavy atom. The third-order valence-corrected chi connectivity index (χ3v) is 5.46. The van der Waals surface area contributed by atoms with Crippen molar-refractivity contribution in [2.24, 2.45) is 0 Å². The fourth-order valence-corrected chi connectivity index (χ4v) is 3.46. The van der Waals surface area contributed by atoms with Gasteiger partial charge in [0.05, 0.1) is 0 Å². The molecule has 0 radical (unpaired) electrons. The number of phenols is 1. The molecule has 8 nitrogen and oxygen atoms in total. The number of rotatable bonds is 7. The zero-order chi connectivity index (χ0) is 23.5. The van der Waals surface area contributed by atoms with Crippen LogP contribution in [0.15, 0.2) is 67.3 Å². The smallest absolute Gasteiger partial charge is 0.339 e. The van der Waals surface area contributed by atoms with Crippen LogP contribution in [0.2, 0.25) is 0 Å². The second-order valence-corrected chi connectivity index (χ2v) is 7.72. The lowest BCUT2D eigenvalue weighted by Crippen LogP contribution is -2.68. The molecule has 5 N–H and O–H groups in total. The number of benzene rings is 2. The minimum Gasteiger partial charge on any atom is -0.508 e. The summed E-state index contributed by atoms with van der Waals surface area (Å²) < 4.78 is 10.7. The molecule has 2 aromatic carbocycles. The Labute approximate surface area is 185 Å². The van der Waals surface area contributed by atoms with Crippen molar-refractivity contribution in [2.45, 2.75) is 43.0 Å². The van der Waals surface area contributed by atoms with Crippen molar-refractivity contribution in [3.63, 3.8) is 0 Å². The number of aliphatic hydroxyl groups is 3. The van der Waals surface area contributed by atoms with Gasteiger partial charge in [-0.3, -0.25) is 0 Å². The molecule has 3 unspecified atom stereocenters. The van der Waals surface area contributed by atoms with Crippen LogP contribution in [0.5, 0.6) is 11.5 Å². The second kappa shape index (κ2) is 9.54. The first-order valence-electron chi connectivity index (χ1n) is 9.97. The number of carbonyl (C=O) groups is 1. The first-order valence-corrected chi connectivity index (χ1v) is 9.97. The summed E-state index contributed by atoms with van der Waals surface area (Å²) in [6.07, 6.45) is -1.14. The van der Waals surface area contributed by atoms with Crippen LogP contribution in [0.4, 0.5) is 0 Å². The van der Waals surface area contributed by atoms with Gasteiger partial charge in [0.2, 0.25) is 5.60 Å². The van der Waals surface area contributed by atoms with E-state index in [0.717, 1.165) is 18.1 Å². The number of carboxylic acids is 1. The largest absolute Gasteiger partial charge is 0.508 e. The van der Waals surface area contributed by atoms with Crippen molar-refractivity contribution < 1.29 is 39.8 Å². The summed E-state index contributed by atoms with van der Waals surface area (Å²) in [5, 5.41) is 48.8. The number of aromatic hydroxyl groups is 1. The summed E-state index contributed by atoms with van der Waals surface area (Å²) in [4.78, 5) is 11.7. The van der Waals surface area contributed by atoms with Crippen molar-refractivity contribution in [1.29, 1.82) is 0 Å². The van der Waals surface area contributed by atoms with Crippen molar-refractivity contribution in [3.05, 3.63) is 78.4 Å². The van der Waals surface area contributed by atoms with Crippen LogP contribution < -0.4 is 4.74 Å². The van der Waals surface area contributed by atoms with Crippen molar-refractivity contribution in [3.8, 4) is 11.5 Å². The number of ether oxygens (including phenoxy) is 2. The van der Waals surface area contributed by atoms with Crippen molar-refractivity contribution in [1.82, 2.24) is 0 Å². The highest BCUT2D eigenvalue weighted by Gasteiger charge is 2.57. The van der Waals surface area contributed by atoms with Gasteiger partial charge >= 0.3 is 5.97 Å². The van der Waals surface area contributed by atoms with Gasteiger partial charge < -0.3 is 35.0 Å². The van der Waals surface area contributed by atoms with Crippen LogP contribution in [0.25, 0.3) is 6.08 Å². The second-order valence-electron chi connectivity index (χ2n) is 7.72. The molecule has 8 heteroatoms. The third kappa shape index (κ3) is 4.84. The maximum Gasteiger partial charge on any atom is 0.339 e. The van der Waals surface area contributed by atoms with Gasteiger partial charge in [-0.2, -0.15) is 0 Å². The fraction of sp³-hybridized carbons (Fsp3) is 0.292. The molecule has 1 aliphatic heterocycles. The number of aliphatic hydroxyl groups excluding tert-OH is 3. The minimum atomic E-state index is -2.08. The third-order valence-electron chi connectivity index (χ3n) is 5.46. The summed E-state index contributed by atoms with van der Waals surface area (Å²) in [5.41, 5.74) is -0.276. The molecule has 0 bridgehead atoms. The molecule has 1 fully saturated rings. The van der Waals surface area contributed by atoms with Crippen LogP contribution in [-0.4, -0.2) is 61.7 Å². The number of allylic oxidation sites excluding steroid dienone is 2. The number of hydrogen-bond donors (Lipinski definition) is 5. The molecule has 0 amide bonds. The molecule has 2 aromatic rings. The van der Waals surface area contributed by atoms with Gasteiger partial charge in [-0.1, -0.05) is 42.5 Å². The molecule has 0 spiro atoms. The van der Waals surface area contributed by atoms with E-state index < -0.39 is 36.2 Å². The van der Waals surface area contributed by atoms with Gasteiger partial charge in [0.25, 0.3) is 0 Å². The molecule has 0 aromatic heterocycles. The predicted molar refractivity (Wildman–Crippen MR) is 116 cm³/mol. The molecule has 1 aliphatic rings. The van der Waals surface area contributed by atoms with E-state index in [0.29, 0.717) is 0 Å². The van der Waals surface area contributed by atoms with Gasteiger partial charge in [0, 0.05) is 5.92 Å². The molecular weight excluding hydrogens is 416 g/mol. The highest BCUT2D eigenvalue weighted by atomic mass is 16.7. The number of phenolic OH excluding ortho intramolecular Hbond substituents is 1. The van der Waals surface area contributed by atoms with Crippen LogP contribution in [0, 0.1) is 0 Å². The van der Waals surface area contributed by atoms with Gasteiger partial charge in [0.15, 0.2) is 12.4 Å². The lowest BCUT2D eigenvalue weighted by Gasteiger charge is -2.44. The molecule has 6 atom stereocenters. The Balaban J connectivity index is 1.77. The predicted octanol–water partition coefficient (Wildman–Crippen LogP) is 2.04. The minimum absolute atomic E-state index is 0.122. The van der Waals surface area contributed by atoms with Gasteiger partial charge in [-0.25, -0.2) is 4.79 Å². The summed E-state index contributed by atoms with van der Waals surface area (Å²) >= 11 is 0. The summed E-state index contributed by atoms with van der Waals surface area (Å²) in [5.74, 6) is -1.13. The van der Waals surface area contributed by atoms with E-state index in [9.17, 15) is 30.3 Å². The highest BCUT2D eigenvalue weighted by Crippen LogP contribution is 2.33. The monoisotopic (exact) mass is 442 g/mol. The van der Waals surface area contributed by atoms with Crippen molar-refractivity contribution >= 4 is 12.0 Å². The molecule has 3 rings (SSSR count). The van der Waals surface area contributed by atoms with E-state index in [4.69, 9.17) is 9.47 Å². The number of hydrogen-bond acceptors (Lipinski definition) is 7. The van der Waals surface area contributed by atoms with E-state index in [-0.39, 0.29) is 17.4 Å². The van der Waals surface area contributed by atoms with Crippen LogP contribution in [0.3, 0.4) is 0 Å². The quantitative estimate of drug-likeness (QED) is 0.411. The maximum absolute atomic E-state index is 11.7. The van der Waals surface area contributed by atoms with E-state index in [1.54, 1.807) is 54.6 Å². The SMILES string of the molecule is C=CC(C=Cc1ccc(O)cc1)c1ccc(O[C@H]2[C@H](O)C(O)[C@@H](O)OC2(C)C(=O)O)cc1. The zero-order valence-corrected chi connectivity index (χ0v) is 17.4. The Morgan fingerprint density at radius 3 is 2.28 bits per heavy atom. The first-order chi connectivity index (χ1) is 15.2. The van der Waals surface area contributed by atoms with E-state index in [2.05, 4.69) is 6.58 Å². The lowest BCUT2D eigenvalue weighted by atomic mass is 9.88. The topological polar surface area (TPSA) is 137 Å². The molecular formula is C24H26O8. The van der Waals surface area contributed by atoms with Crippen molar-refractivity contribution in [2.75, 3.05) is 0 Å². The zero-order valence-electron chi connectivity index (χ0n) is 17.4. The van der Waals surface area contributed by atoms with Crippen LogP contribution in [-0.2, 0) is 9.53 Å². The molecule has 1 saturated heterocycles. The number of carboxylic acid groups (broad SMARTS) is 1. The molecule has 0 saturated carbocycles. The summed E-state index contributed by atoms with van der Waals surface area (Å²) in [7, 11) is 0. The average Bonchev–Trinajstić information content (AvgIpc) is 2.77. The van der Waals surface area contributed by atoms with E-state index in [1.807, 2.05) is 12.2 Å². The van der Waals surface area contributed by atoms with E-state index in [1.165, 1.54) is 0 Å². The van der Waals surface area contributed by atoms with E-state index >= 15 is 0 Å². The molecule has 0 aliphatic carbocycles. The summed E-state index contributed by atoms with van der Waals surface area (Å²) in [6.45, 7) is 5.02. The van der Waals surface area contributed by atoms with Gasteiger partial charge in [-0.15, -0.1) is 6.58 Å². The molecule has 1 heterocycles. The Kier molecular flexibility index (Phi) is 7.00. The van der Waals surface area contributed by atoms with Crippen LogP contribution in [0.1, 0.15) is 24.0 Å². The fourth-order valence-electron chi connectivity index (χ4n) is 3.46. The molecule has 170 valence electrons. The lowest BCUT2D eigenvalue weighted by molar-refractivity contribution is -0.305. The van der Waals surface area contributed by atoms with Gasteiger partial charge in [-0.05, 0) is 42.3 Å². The standard InChI is InChI=1S/C24H26O8/c1-3-15(7-4-14-5-10-17(25)11-6-14)16-8-12-18(13-9-16)31-21-19(26)20(27)22(28)32-24(21,2)23(29)30/h3-13,15,19-22,25-28H,1H2,2H3,(H,29,30)/t15?,19-,20?,21+,22+,24?/m1/s1. The number of aliphatic carboxylic acids is 1. The van der Waals surface area contributed by atoms with Gasteiger partial charge in [0.1, 0.15) is 23.7 Å². The Hall–Kier alpha value is -3.17. The highest BCUT2D eigenvalue weighted by molar-refractivity contribution is 5.78. The molecule has 32 heavy (non-hydrogen) atoms. The normalized spacial score (nSPS) is 28.9. The Morgan fingerprint density at radius 2 is 1.72 bits per heavy atom. The summed E-state index contributed by atoms with van der Waals surface area (Å²) in [6, 6.07) is 13.5. The maximum atomic E-state index is 11.7.